The Labute approximate surface area is 236 Å². The first-order valence-electron chi connectivity index (χ1n) is 11.8. The van der Waals surface area contributed by atoms with Crippen molar-refractivity contribution in [2.75, 3.05) is 10.3 Å². The molecule has 0 saturated heterocycles. The van der Waals surface area contributed by atoms with E-state index in [0.29, 0.717) is 20.2 Å². The van der Waals surface area contributed by atoms with Crippen molar-refractivity contribution in [1.29, 1.82) is 0 Å². The lowest BCUT2D eigenvalue weighted by atomic mass is 10.1. The largest absolute Gasteiger partial charge is 0.356 e. The summed E-state index contributed by atoms with van der Waals surface area (Å²) in [7, 11) is -7.54. The van der Waals surface area contributed by atoms with Crippen molar-refractivity contribution >= 4 is 65.3 Å². The summed E-state index contributed by atoms with van der Waals surface area (Å²) in [6, 6.07) is 17.7. The van der Waals surface area contributed by atoms with E-state index in [-0.39, 0.29) is 34.5 Å². The van der Waals surface area contributed by atoms with Gasteiger partial charge in [0.2, 0.25) is 5.91 Å². The smallest absolute Gasteiger partial charge is 0.278 e. The first kappa shape index (κ1) is 28.1. The number of amides is 1. The zero-order valence-electron chi connectivity index (χ0n) is 21.4. The third-order valence-electron chi connectivity index (χ3n) is 6.23. The van der Waals surface area contributed by atoms with Crippen LogP contribution in [0.3, 0.4) is 0 Å². The van der Waals surface area contributed by atoms with Crippen LogP contribution in [0.15, 0.2) is 76.5 Å². The van der Waals surface area contributed by atoms with Crippen molar-refractivity contribution in [3.63, 3.8) is 0 Å². The minimum Gasteiger partial charge on any atom is -0.356 e. The van der Waals surface area contributed by atoms with Crippen LogP contribution < -0.4 is 9.03 Å². The Bertz CT molecular complexity index is 1650. The minimum atomic E-state index is -4.60. The highest BCUT2D eigenvalue weighted by molar-refractivity contribution is 14.1. The first-order chi connectivity index (χ1) is 17.8. The molecule has 0 aliphatic heterocycles. The summed E-state index contributed by atoms with van der Waals surface area (Å²) in [6.45, 7) is 5.24. The number of carbonyl (C=O) groups excluding carboxylic acids is 1. The molecule has 8 nitrogen and oxygen atoms in total. The zero-order valence-corrected chi connectivity index (χ0v) is 25.2. The number of hydrogen-bond acceptors (Lipinski definition) is 5. The molecule has 0 bridgehead atoms. The van der Waals surface area contributed by atoms with Crippen LogP contribution in [0.2, 0.25) is 0 Å². The molecule has 11 heteroatoms. The van der Waals surface area contributed by atoms with Gasteiger partial charge in [-0.15, -0.1) is 3.71 Å². The highest BCUT2D eigenvalue weighted by Crippen LogP contribution is 2.39. The molecule has 0 saturated carbocycles. The van der Waals surface area contributed by atoms with Gasteiger partial charge < -0.3 is 9.88 Å². The monoisotopic (exact) mass is 665 g/mol. The van der Waals surface area contributed by atoms with E-state index >= 15 is 0 Å². The van der Waals surface area contributed by atoms with Gasteiger partial charge in [-0.1, -0.05) is 35.4 Å². The maximum atomic E-state index is 14.2. The van der Waals surface area contributed by atoms with Crippen LogP contribution in [0.4, 0.5) is 5.82 Å². The fourth-order valence-corrected chi connectivity index (χ4v) is 8.60. The molecule has 38 heavy (non-hydrogen) atoms. The molecule has 1 aromatic heterocycles. The second-order valence-corrected chi connectivity index (χ2v) is 14.1. The fourth-order valence-electron chi connectivity index (χ4n) is 4.29. The van der Waals surface area contributed by atoms with E-state index in [4.69, 9.17) is 0 Å². The maximum Gasteiger partial charge on any atom is 0.278 e. The Morgan fingerprint density at radius 2 is 1.37 bits per heavy atom. The average Bonchev–Trinajstić information content (AvgIpc) is 3.09. The summed E-state index contributed by atoms with van der Waals surface area (Å²) in [4.78, 5) is 11.3. The van der Waals surface area contributed by atoms with Crippen molar-refractivity contribution < 1.29 is 21.6 Å². The lowest BCUT2D eigenvalue weighted by Crippen LogP contribution is -2.39. The van der Waals surface area contributed by atoms with Crippen LogP contribution in [-0.4, -0.2) is 33.9 Å². The quantitative estimate of drug-likeness (QED) is 0.276. The topological polar surface area (TPSA) is 106 Å². The molecule has 1 amide bonds. The number of anilines is 1. The summed E-state index contributed by atoms with van der Waals surface area (Å²) < 4.78 is 59.9. The zero-order chi connectivity index (χ0) is 27.8. The van der Waals surface area contributed by atoms with Gasteiger partial charge in [0.05, 0.1) is 9.79 Å². The molecule has 0 aliphatic carbocycles. The van der Waals surface area contributed by atoms with Crippen molar-refractivity contribution in [3.05, 3.63) is 87.0 Å². The molecule has 200 valence electrons. The molecule has 1 heterocycles. The standard InChI is InChI=1S/C27H28IN3O5S2/c1-18-5-10-22(11-6-18)37(33,34)31(38(35,36)23-12-7-19(2)8-13-23)27-24(15-16-29-20(3)32)25-17-21(28)9-14-26(25)30(27)4/h5-14,17H,15-16H2,1-4H3,(H,29,32). The summed E-state index contributed by atoms with van der Waals surface area (Å²) in [5.41, 5.74) is 2.85. The van der Waals surface area contributed by atoms with Crippen LogP contribution in [0, 0.1) is 17.4 Å². The van der Waals surface area contributed by atoms with E-state index in [1.54, 1.807) is 35.9 Å². The van der Waals surface area contributed by atoms with Crippen LogP contribution in [-0.2, 0) is 38.3 Å². The van der Waals surface area contributed by atoms with Crippen LogP contribution in [0.5, 0.6) is 0 Å². The van der Waals surface area contributed by atoms with E-state index < -0.39 is 20.0 Å². The van der Waals surface area contributed by atoms with Crippen molar-refractivity contribution in [2.45, 2.75) is 37.0 Å². The summed E-state index contributed by atoms with van der Waals surface area (Å²) >= 11 is 2.16. The van der Waals surface area contributed by atoms with Crippen LogP contribution in [0.1, 0.15) is 23.6 Å². The first-order valence-corrected chi connectivity index (χ1v) is 15.7. The van der Waals surface area contributed by atoms with Crippen molar-refractivity contribution in [3.8, 4) is 0 Å². The van der Waals surface area contributed by atoms with Crippen LogP contribution in [0.25, 0.3) is 10.9 Å². The summed E-state index contributed by atoms with van der Waals surface area (Å²) in [6.07, 6.45) is 0.218. The number of aryl methyl sites for hydroxylation is 3. The summed E-state index contributed by atoms with van der Waals surface area (Å²) in [5.74, 6) is -0.230. The second-order valence-electron chi connectivity index (χ2n) is 9.09. The number of nitrogens with one attached hydrogen (secondary N) is 1. The minimum absolute atomic E-state index is 0.00787. The van der Waals surface area contributed by atoms with Crippen LogP contribution >= 0.6 is 22.6 Å². The Balaban J connectivity index is 2.07. The van der Waals surface area contributed by atoms with E-state index in [2.05, 4.69) is 27.9 Å². The predicted molar refractivity (Wildman–Crippen MR) is 157 cm³/mol. The SMILES string of the molecule is CC(=O)NCCc1c(N(S(=O)(=O)c2ccc(C)cc2)S(=O)(=O)c2ccc(C)cc2)n(C)c2ccc(I)cc12. The molecule has 0 radical (unpaired) electrons. The Kier molecular flexibility index (Phi) is 7.91. The number of nitrogens with zero attached hydrogens (tertiary/aromatic N) is 2. The third kappa shape index (κ3) is 5.32. The number of hydrogen-bond donors (Lipinski definition) is 1. The number of sulfonamides is 2. The van der Waals surface area contributed by atoms with E-state index in [9.17, 15) is 21.6 Å². The Morgan fingerprint density at radius 3 is 1.84 bits per heavy atom. The van der Waals surface area contributed by atoms with Gasteiger partial charge in [-0.2, -0.15) is 16.8 Å². The molecular weight excluding hydrogens is 637 g/mol. The number of fused-ring (bicyclic) bond motifs is 1. The lowest BCUT2D eigenvalue weighted by molar-refractivity contribution is -0.118. The highest BCUT2D eigenvalue weighted by Gasteiger charge is 2.40. The Morgan fingerprint density at radius 1 is 0.868 bits per heavy atom. The number of rotatable bonds is 8. The molecule has 0 unspecified atom stereocenters. The van der Waals surface area contributed by atoms with Gasteiger partial charge in [-0.3, -0.25) is 4.79 Å². The highest BCUT2D eigenvalue weighted by atomic mass is 127. The van der Waals surface area contributed by atoms with E-state index in [0.717, 1.165) is 14.7 Å². The molecule has 3 aromatic carbocycles. The number of carbonyl (C=O) groups is 1. The van der Waals surface area contributed by atoms with Gasteiger partial charge in [-0.25, -0.2) is 0 Å². The van der Waals surface area contributed by atoms with E-state index in [1.165, 1.54) is 31.2 Å². The molecule has 1 N–H and O–H groups in total. The molecular formula is C27H28IN3O5S2. The number of halogens is 1. The normalized spacial score (nSPS) is 12.0. The van der Waals surface area contributed by atoms with Crippen molar-refractivity contribution in [1.82, 2.24) is 9.88 Å². The fraction of sp³-hybridized carbons (Fsp3) is 0.222. The summed E-state index contributed by atoms with van der Waals surface area (Å²) in [5, 5.41) is 3.45. The second kappa shape index (κ2) is 10.7. The van der Waals surface area contributed by atoms with Gasteiger partial charge >= 0.3 is 0 Å². The van der Waals surface area contributed by atoms with Crippen molar-refractivity contribution in [2.24, 2.45) is 7.05 Å². The predicted octanol–water partition coefficient (Wildman–Crippen LogP) is 4.66. The number of aromatic nitrogens is 1. The molecule has 0 fully saturated rings. The van der Waals surface area contributed by atoms with Gasteiger partial charge in [0.25, 0.3) is 20.0 Å². The van der Waals surface area contributed by atoms with E-state index in [1.807, 2.05) is 32.0 Å². The third-order valence-corrected chi connectivity index (χ3v) is 11.0. The number of benzene rings is 3. The van der Waals surface area contributed by atoms with Gasteiger partial charge in [0, 0.05) is 40.6 Å². The maximum absolute atomic E-state index is 14.2. The Hall–Kier alpha value is -2.90. The van der Waals surface area contributed by atoms with Gasteiger partial charge in [0.1, 0.15) is 5.82 Å². The average molecular weight is 666 g/mol. The molecule has 4 aromatic rings. The molecule has 4 rings (SSSR count). The molecule has 0 atom stereocenters. The van der Waals surface area contributed by atoms with Gasteiger partial charge in [-0.05, 0) is 85.3 Å². The van der Waals surface area contributed by atoms with Gasteiger partial charge in [0.15, 0.2) is 0 Å². The molecule has 0 aliphatic rings. The molecule has 0 spiro atoms. The lowest BCUT2D eigenvalue weighted by Gasteiger charge is -2.26.